The van der Waals surface area contributed by atoms with Gasteiger partial charge in [0, 0.05) is 66.9 Å². The first-order valence-corrected chi connectivity index (χ1v) is 26.3. The van der Waals surface area contributed by atoms with Crippen LogP contribution < -0.4 is 14.5 Å². The summed E-state index contributed by atoms with van der Waals surface area (Å²) >= 11 is 0. The molecule has 0 unspecified atom stereocenters. The number of pyridine rings is 1. The SMILES string of the molecule is CC(C)(C)c1cc(-c2ccccc2)cc(-c2ccc(-c3cc(C(C)(C)C)cc(C(C)(C)C)c3)c(N3[CH-]N(c4[c-]c(Oc5[c-]c6c(cc5)c5ccccc5n6-c5cc(C(C)(C)C)ccn5)ccc4)c4ccccc43)c2)c1.[Pt]. The van der Waals surface area contributed by atoms with E-state index in [0.29, 0.717) is 11.5 Å². The van der Waals surface area contributed by atoms with Gasteiger partial charge >= 0.3 is 0 Å². The van der Waals surface area contributed by atoms with Crippen molar-refractivity contribution in [3.05, 3.63) is 223 Å². The minimum Gasteiger partial charge on any atom is -0.509 e. The first kappa shape index (κ1) is 52.2. The van der Waals surface area contributed by atoms with Crippen molar-refractivity contribution in [2.24, 2.45) is 0 Å². The Morgan fingerprint density at radius 2 is 1.01 bits per heavy atom. The Morgan fingerprint density at radius 3 is 1.70 bits per heavy atom. The second-order valence-electron chi connectivity index (χ2n) is 24.4. The monoisotopic (exact) mass is 1170 g/mol. The van der Waals surface area contributed by atoms with Crippen molar-refractivity contribution < 1.29 is 25.8 Å². The van der Waals surface area contributed by atoms with E-state index < -0.39 is 0 Å². The van der Waals surface area contributed by atoms with E-state index in [0.717, 1.165) is 61.5 Å². The molecule has 0 saturated heterocycles. The summed E-state index contributed by atoms with van der Waals surface area (Å²) in [5.41, 5.74) is 18.1. The number of fused-ring (bicyclic) bond motifs is 4. The number of benzene rings is 8. The fourth-order valence-corrected chi connectivity index (χ4v) is 10.3. The van der Waals surface area contributed by atoms with Crippen LogP contribution in [0.3, 0.4) is 0 Å². The molecule has 386 valence electrons. The molecular formula is C70H67N4OPt-3. The number of aromatic nitrogens is 2. The molecule has 0 aliphatic carbocycles. The normalized spacial score (nSPS) is 13.1. The molecule has 0 spiro atoms. The molecule has 0 amide bonds. The number of nitrogens with zero attached hydrogens (tertiary/aromatic N) is 4. The van der Waals surface area contributed by atoms with Crippen LogP contribution in [0.25, 0.3) is 61.0 Å². The molecule has 5 nitrogen and oxygen atoms in total. The summed E-state index contributed by atoms with van der Waals surface area (Å²) in [7, 11) is 0. The fourth-order valence-electron chi connectivity index (χ4n) is 10.3. The van der Waals surface area contributed by atoms with Gasteiger partial charge in [0.1, 0.15) is 5.82 Å². The summed E-state index contributed by atoms with van der Waals surface area (Å²) in [6.07, 6.45) is 1.91. The van der Waals surface area contributed by atoms with Gasteiger partial charge < -0.3 is 19.1 Å². The molecular weight excluding hydrogens is 1110 g/mol. The van der Waals surface area contributed by atoms with Crippen LogP contribution in [0.1, 0.15) is 105 Å². The van der Waals surface area contributed by atoms with Gasteiger partial charge in [0.05, 0.1) is 0 Å². The summed E-state index contributed by atoms with van der Waals surface area (Å²) < 4.78 is 8.95. The van der Waals surface area contributed by atoms with E-state index >= 15 is 0 Å². The van der Waals surface area contributed by atoms with Crippen molar-refractivity contribution in [2.75, 3.05) is 9.80 Å². The van der Waals surface area contributed by atoms with Crippen molar-refractivity contribution in [1.82, 2.24) is 9.55 Å². The third-order valence-corrected chi connectivity index (χ3v) is 14.7. The van der Waals surface area contributed by atoms with Crippen molar-refractivity contribution in [3.8, 4) is 50.7 Å². The van der Waals surface area contributed by atoms with E-state index in [2.05, 4.69) is 274 Å². The molecule has 0 N–H and O–H groups in total. The van der Waals surface area contributed by atoms with Crippen molar-refractivity contribution in [1.29, 1.82) is 0 Å². The number of para-hydroxylation sites is 3. The quantitative estimate of drug-likeness (QED) is 0.142. The van der Waals surface area contributed by atoms with Crippen LogP contribution in [0, 0.1) is 18.8 Å². The average molecular weight is 1180 g/mol. The van der Waals surface area contributed by atoms with Gasteiger partial charge in [-0.15, -0.1) is 48.1 Å². The summed E-state index contributed by atoms with van der Waals surface area (Å²) in [6.45, 7) is 29.7. The minimum absolute atomic E-state index is 0. The van der Waals surface area contributed by atoms with Crippen LogP contribution in [-0.2, 0) is 42.7 Å². The molecule has 3 heterocycles. The van der Waals surface area contributed by atoms with E-state index in [1.54, 1.807) is 0 Å². The molecule has 0 atom stereocenters. The second kappa shape index (κ2) is 19.7. The molecule has 11 rings (SSSR count). The average Bonchev–Trinajstić information content (AvgIpc) is 4.02. The molecule has 6 heteroatoms. The zero-order valence-electron chi connectivity index (χ0n) is 45.9. The third-order valence-electron chi connectivity index (χ3n) is 14.7. The summed E-state index contributed by atoms with van der Waals surface area (Å²) in [5.74, 6) is 2.04. The summed E-state index contributed by atoms with van der Waals surface area (Å²) in [6, 6.07) is 71.1. The standard InChI is InChI=1S/C70H67N4O.Pt/c1-67(2,3)51-33-34-71-66(42-51)74-61-26-17-16-25-59(61)60-32-30-57(44-65(60)74)75-56-24-20-23-55(43-56)72-45-73(63-28-19-18-27-62(63)72)64-40-47(49-35-48(46-21-14-13-15-22-46)36-52(37-49)68(4,5)6)29-31-58(64)50-38-53(69(7,8)9)41-54(39-50)70(10,11)12;/h13-42,45H,1-12H3;/q-3;. The maximum Gasteiger partial charge on any atom is 0.135 e. The van der Waals surface area contributed by atoms with E-state index in [-0.39, 0.29) is 42.7 Å². The minimum atomic E-state index is -0.0587. The van der Waals surface area contributed by atoms with Gasteiger partial charge in [0.2, 0.25) is 0 Å². The van der Waals surface area contributed by atoms with E-state index in [1.807, 2.05) is 24.4 Å². The summed E-state index contributed by atoms with van der Waals surface area (Å²) in [5, 5.41) is 2.23. The van der Waals surface area contributed by atoms with Crippen LogP contribution in [-0.4, -0.2) is 9.55 Å². The first-order valence-electron chi connectivity index (χ1n) is 26.3. The molecule has 1 aliphatic heterocycles. The number of hydrogen-bond acceptors (Lipinski definition) is 4. The molecule has 8 aromatic carbocycles. The number of ether oxygens (including phenoxy) is 1. The Bertz CT molecular complexity index is 3750. The molecule has 0 saturated carbocycles. The van der Waals surface area contributed by atoms with E-state index in [9.17, 15) is 0 Å². The van der Waals surface area contributed by atoms with Gasteiger partial charge in [0.25, 0.3) is 0 Å². The van der Waals surface area contributed by atoms with Gasteiger partial charge in [-0.1, -0.05) is 192 Å². The van der Waals surface area contributed by atoms with E-state index in [4.69, 9.17) is 9.72 Å². The van der Waals surface area contributed by atoms with Crippen molar-refractivity contribution >= 4 is 44.6 Å². The predicted octanol–water partition coefficient (Wildman–Crippen LogP) is 19.2. The van der Waals surface area contributed by atoms with Gasteiger partial charge in [-0.25, -0.2) is 4.98 Å². The molecule has 1 aliphatic rings. The Kier molecular flexibility index (Phi) is 13.6. The number of anilines is 4. The Hall–Kier alpha value is -7.20. The van der Waals surface area contributed by atoms with Crippen LogP contribution in [0.4, 0.5) is 22.7 Å². The van der Waals surface area contributed by atoms with Gasteiger partial charge in [0.15, 0.2) is 0 Å². The maximum atomic E-state index is 6.75. The van der Waals surface area contributed by atoms with Gasteiger partial charge in [-0.2, -0.15) is 12.1 Å². The number of hydrogen-bond donors (Lipinski definition) is 0. The van der Waals surface area contributed by atoms with Gasteiger partial charge in [-0.3, -0.25) is 0 Å². The van der Waals surface area contributed by atoms with Crippen LogP contribution >= 0.6 is 0 Å². The Balaban J connectivity index is 0.00000657. The molecule has 10 aromatic rings. The topological polar surface area (TPSA) is 33.5 Å². The van der Waals surface area contributed by atoms with Crippen LogP contribution in [0.5, 0.6) is 11.5 Å². The molecule has 0 bridgehead atoms. The zero-order valence-corrected chi connectivity index (χ0v) is 48.2. The Morgan fingerprint density at radius 1 is 0.421 bits per heavy atom. The largest absolute Gasteiger partial charge is 0.509 e. The number of rotatable bonds is 8. The zero-order chi connectivity index (χ0) is 52.6. The van der Waals surface area contributed by atoms with Gasteiger partial charge in [-0.05, 0) is 120 Å². The van der Waals surface area contributed by atoms with Crippen molar-refractivity contribution in [2.45, 2.75) is 105 Å². The van der Waals surface area contributed by atoms with Crippen LogP contribution in [0.15, 0.2) is 182 Å². The predicted molar refractivity (Wildman–Crippen MR) is 315 cm³/mol. The molecule has 0 fully saturated rings. The summed E-state index contributed by atoms with van der Waals surface area (Å²) in [4.78, 5) is 9.49. The third kappa shape index (κ3) is 10.1. The first-order chi connectivity index (χ1) is 35.7. The van der Waals surface area contributed by atoms with Crippen LogP contribution in [0.2, 0.25) is 0 Å². The second-order valence-corrected chi connectivity index (χ2v) is 24.4. The fraction of sp³-hybridized carbons (Fsp3) is 0.229. The molecule has 76 heavy (non-hydrogen) atoms. The Labute approximate surface area is 465 Å². The van der Waals surface area contributed by atoms with Crippen molar-refractivity contribution in [3.63, 3.8) is 0 Å². The maximum absolute atomic E-state index is 6.75. The van der Waals surface area contributed by atoms with E-state index in [1.165, 1.54) is 44.5 Å². The molecule has 2 aromatic heterocycles. The molecule has 0 radical (unpaired) electrons. The smallest absolute Gasteiger partial charge is 0.135 e.